The second-order valence-electron chi connectivity index (χ2n) is 4.20. The van der Waals surface area contributed by atoms with E-state index in [0.29, 0.717) is 6.04 Å². The Morgan fingerprint density at radius 2 is 2.00 bits per heavy atom. The number of hydrogen-bond donors (Lipinski definition) is 1. The molecule has 2 aliphatic rings. The van der Waals surface area contributed by atoms with Gasteiger partial charge in [0.15, 0.2) is 0 Å². The molecular formula is C9H17ClN-. The van der Waals surface area contributed by atoms with Gasteiger partial charge >= 0.3 is 0 Å². The maximum atomic E-state index is 5.88. The van der Waals surface area contributed by atoms with Crippen LogP contribution in [0.15, 0.2) is 0 Å². The van der Waals surface area contributed by atoms with Crippen LogP contribution in [0.1, 0.15) is 32.6 Å². The number of halogens is 1. The van der Waals surface area contributed by atoms with E-state index < -0.39 is 0 Å². The summed E-state index contributed by atoms with van der Waals surface area (Å²) < 4.78 is 0. The summed E-state index contributed by atoms with van der Waals surface area (Å²) in [5.41, 5.74) is 5.88. The van der Waals surface area contributed by atoms with Gasteiger partial charge in [-0.3, -0.25) is 0 Å². The molecule has 2 bridgehead atoms. The lowest BCUT2D eigenvalue weighted by Crippen LogP contribution is -3.00. The van der Waals surface area contributed by atoms with E-state index in [1.54, 1.807) is 0 Å². The largest absolute Gasteiger partial charge is 1.00 e. The van der Waals surface area contributed by atoms with E-state index in [1.165, 1.54) is 25.7 Å². The summed E-state index contributed by atoms with van der Waals surface area (Å²) in [6, 6.07) is 0.454. The van der Waals surface area contributed by atoms with Crippen LogP contribution in [0.5, 0.6) is 0 Å². The van der Waals surface area contributed by atoms with Gasteiger partial charge in [-0.15, -0.1) is 0 Å². The van der Waals surface area contributed by atoms with Crippen molar-refractivity contribution in [2.24, 2.45) is 23.5 Å². The van der Waals surface area contributed by atoms with Gasteiger partial charge in [-0.25, -0.2) is 0 Å². The average molecular weight is 175 g/mol. The van der Waals surface area contributed by atoms with Crippen LogP contribution in [0, 0.1) is 17.8 Å². The highest BCUT2D eigenvalue weighted by Gasteiger charge is 2.40. The first-order valence-electron chi connectivity index (χ1n) is 4.53. The van der Waals surface area contributed by atoms with Crippen LogP contribution in [-0.4, -0.2) is 6.04 Å². The molecule has 0 aromatic rings. The van der Waals surface area contributed by atoms with Crippen LogP contribution < -0.4 is 18.1 Å². The van der Waals surface area contributed by atoms with Crippen molar-refractivity contribution in [3.8, 4) is 0 Å². The zero-order valence-corrected chi connectivity index (χ0v) is 7.85. The minimum absolute atomic E-state index is 0. The molecule has 2 heteroatoms. The van der Waals surface area contributed by atoms with E-state index in [1.807, 2.05) is 0 Å². The molecule has 0 saturated heterocycles. The van der Waals surface area contributed by atoms with E-state index in [0.717, 1.165) is 17.8 Å². The number of rotatable bonds is 1. The molecule has 4 atom stereocenters. The Morgan fingerprint density at radius 3 is 2.27 bits per heavy atom. The van der Waals surface area contributed by atoms with Gasteiger partial charge in [-0.2, -0.15) is 0 Å². The van der Waals surface area contributed by atoms with Gasteiger partial charge < -0.3 is 18.1 Å². The number of hydrogen-bond acceptors (Lipinski definition) is 1. The topological polar surface area (TPSA) is 26.0 Å². The lowest BCUT2D eigenvalue weighted by molar-refractivity contribution is -0.00000240. The van der Waals surface area contributed by atoms with Gasteiger partial charge in [0.2, 0.25) is 0 Å². The summed E-state index contributed by atoms with van der Waals surface area (Å²) in [6.07, 6.45) is 5.89. The summed E-state index contributed by atoms with van der Waals surface area (Å²) in [6.45, 7) is 2.17. The smallest absolute Gasteiger partial charge is 0.00415 e. The standard InChI is InChI=1S/C9H17N.ClH/c1-6(10)9-5-7-2-3-8(9)4-7;/h6-9H,2-5,10H2,1H3;1H/p-1. The second kappa shape index (κ2) is 3.32. The fraction of sp³-hybridized carbons (Fsp3) is 1.00. The molecule has 0 radical (unpaired) electrons. The van der Waals surface area contributed by atoms with Crippen LogP contribution >= 0.6 is 0 Å². The number of fused-ring (bicyclic) bond motifs is 2. The molecule has 0 amide bonds. The maximum absolute atomic E-state index is 5.88. The van der Waals surface area contributed by atoms with Crippen LogP contribution in [0.2, 0.25) is 0 Å². The Labute approximate surface area is 75.1 Å². The second-order valence-corrected chi connectivity index (χ2v) is 4.20. The van der Waals surface area contributed by atoms with Gasteiger partial charge in [-0.1, -0.05) is 6.42 Å². The third kappa shape index (κ3) is 1.54. The van der Waals surface area contributed by atoms with Gasteiger partial charge in [0, 0.05) is 6.04 Å². The molecule has 2 saturated carbocycles. The molecule has 0 aromatic carbocycles. The zero-order chi connectivity index (χ0) is 7.14. The molecule has 0 aliphatic heterocycles. The van der Waals surface area contributed by atoms with Crippen LogP contribution in [0.25, 0.3) is 0 Å². The minimum Gasteiger partial charge on any atom is -1.00 e. The quantitative estimate of drug-likeness (QED) is 0.530. The molecule has 11 heavy (non-hydrogen) atoms. The molecule has 0 heterocycles. The van der Waals surface area contributed by atoms with E-state index in [4.69, 9.17) is 5.73 Å². The Balaban J connectivity index is 0.000000605. The summed E-state index contributed by atoms with van der Waals surface area (Å²) in [4.78, 5) is 0. The monoisotopic (exact) mass is 174 g/mol. The molecule has 2 fully saturated rings. The average Bonchev–Trinajstić information content (AvgIpc) is 2.44. The van der Waals surface area contributed by atoms with Crippen LogP contribution in [-0.2, 0) is 0 Å². The van der Waals surface area contributed by atoms with Crippen LogP contribution in [0.3, 0.4) is 0 Å². The van der Waals surface area contributed by atoms with E-state index in [2.05, 4.69) is 6.92 Å². The summed E-state index contributed by atoms with van der Waals surface area (Å²) in [5.74, 6) is 2.93. The van der Waals surface area contributed by atoms with E-state index in [-0.39, 0.29) is 12.4 Å². The first-order chi connectivity index (χ1) is 4.77. The third-order valence-corrected chi connectivity index (χ3v) is 3.47. The predicted octanol–water partition coefficient (Wildman–Crippen LogP) is -1.23. The first-order valence-corrected chi connectivity index (χ1v) is 4.53. The number of nitrogens with two attached hydrogens (primary N) is 1. The van der Waals surface area contributed by atoms with Crippen molar-refractivity contribution in [1.29, 1.82) is 0 Å². The van der Waals surface area contributed by atoms with Gasteiger partial charge in [0.25, 0.3) is 0 Å². The Kier molecular flexibility index (Phi) is 2.82. The highest BCUT2D eigenvalue weighted by molar-refractivity contribution is 4.92. The van der Waals surface area contributed by atoms with Crippen molar-refractivity contribution in [3.63, 3.8) is 0 Å². The van der Waals surface area contributed by atoms with E-state index in [9.17, 15) is 0 Å². The molecule has 1 nitrogen and oxygen atoms in total. The molecule has 2 N–H and O–H groups in total. The van der Waals surface area contributed by atoms with Crippen molar-refractivity contribution < 1.29 is 12.4 Å². The minimum atomic E-state index is 0. The molecule has 0 aromatic heterocycles. The van der Waals surface area contributed by atoms with Gasteiger partial charge in [-0.05, 0) is 43.9 Å². The van der Waals surface area contributed by atoms with Crippen molar-refractivity contribution in [2.45, 2.75) is 38.6 Å². The lowest BCUT2D eigenvalue weighted by Gasteiger charge is -2.24. The first kappa shape index (κ1) is 9.34. The molecule has 2 rings (SSSR count). The normalized spacial score (nSPS) is 43.6. The van der Waals surface area contributed by atoms with Crippen LogP contribution in [0.4, 0.5) is 0 Å². The zero-order valence-electron chi connectivity index (χ0n) is 7.09. The molecule has 4 unspecified atom stereocenters. The van der Waals surface area contributed by atoms with Crippen molar-refractivity contribution in [2.75, 3.05) is 0 Å². The summed E-state index contributed by atoms with van der Waals surface area (Å²) >= 11 is 0. The fourth-order valence-electron chi connectivity index (χ4n) is 2.94. The predicted molar refractivity (Wildman–Crippen MR) is 42.6 cm³/mol. The van der Waals surface area contributed by atoms with Crippen molar-refractivity contribution in [1.82, 2.24) is 0 Å². The SMILES string of the molecule is CC(N)C1CC2CCC1C2.[Cl-]. The highest BCUT2D eigenvalue weighted by Crippen LogP contribution is 2.49. The Hall–Kier alpha value is 0.250. The summed E-state index contributed by atoms with van der Waals surface area (Å²) in [5, 5.41) is 0. The van der Waals surface area contributed by atoms with Gasteiger partial charge in [0.05, 0.1) is 0 Å². The maximum Gasteiger partial charge on any atom is 0.00415 e. The molecule has 66 valence electrons. The highest BCUT2D eigenvalue weighted by atomic mass is 35.5. The van der Waals surface area contributed by atoms with E-state index >= 15 is 0 Å². The molecular weight excluding hydrogens is 158 g/mol. The summed E-state index contributed by atoms with van der Waals surface area (Å²) in [7, 11) is 0. The Morgan fingerprint density at radius 1 is 1.27 bits per heavy atom. The third-order valence-electron chi connectivity index (χ3n) is 3.47. The fourth-order valence-corrected chi connectivity index (χ4v) is 2.94. The lowest BCUT2D eigenvalue weighted by atomic mass is 9.84. The molecule has 0 spiro atoms. The van der Waals surface area contributed by atoms with Crippen molar-refractivity contribution >= 4 is 0 Å². The van der Waals surface area contributed by atoms with Gasteiger partial charge in [0.1, 0.15) is 0 Å². The Bertz CT molecular complexity index is 136. The molecule has 2 aliphatic carbocycles. The van der Waals surface area contributed by atoms with Crippen molar-refractivity contribution in [3.05, 3.63) is 0 Å².